The molecular weight excluding hydrogens is 262 g/mol. The summed E-state index contributed by atoms with van der Waals surface area (Å²) < 4.78 is 5.30. The van der Waals surface area contributed by atoms with Gasteiger partial charge in [-0.2, -0.15) is 0 Å². The predicted octanol–water partition coefficient (Wildman–Crippen LogP) is 3.64. The van der Waals surface area contributed by atoms with Crippen LogP contribution in [0.4, 0.5) is 5.82 Å². The molecule has 0 fully saturated rings. The van der Waals surface area contributed by atoms with Gasteiger partial charge in [0.25, 0.3) is 0 Å². The van der Waals surface area contributed by atoms with Gasteiger partial charge in [-0.1, -0.05) is 35.0 Å². The molecule has 0 unspecified atom stereocenters. The van der Waals surface area contributed by atoms with Crippen molar-refractivity contribution in [1.82, 2.24) is 10.1 Å². The maximum Gasteiger partial charge on any atom is 0.195 e. The average molecular weight is 272 g/mol. The van der Waals surface area contributed by atoms with Crippen LogP contribution >= 0.6 is 11.6 Å². The molecule has 0 spiro atoms. The molecule has 3 rings (SSSR count). The minimum absolute atomic E-state index is 0.336. The molecule has 2 heterocycles. The van der Waals surface area contributed by atoms with Crippen molar-refractivity contribution in [3.05, 3.63) is 53.7 Å². The predicted molar refractivity (Wildman–Crippen MR) is 74.6 cm³/mol. The largest absolute Gasteiger partial charge is 0.380 e. The minimum Gasteiger partial charge on any atom is -0.380 e. The number of nitrogen functional groups attached to an aromatic ring is 1. The number of anilines is 1. The van der Waals surface area contributed by atoms with Gasteiger partial charge >= 0.3 is 0 Å². The molecule has 2 aromatic heterocycles. The summed E-state index contributed by atoms with van der Waals surface area (Å²) in [6.45, 7) is 0. The standard InChI is InChI=1S/C14H10ClN3O/c15-10-6-4-9(5-7-10)12-13(19-18-14(12)16)11-3-1-2-8-17-11/h1-8H,(H2,16,18). The maximum absolute atomic E-state index is 5.89. The molecular formula is C14H10ClN3O. The number of pyridine rings is 1. The Morgan fingerprint density at radius 2 is 1.84 bits per heavy atom. The molecule has 0 aliphatic rings. The Kier molecular flexibility index (Phi) is 2.93. The van der Waals surface area contributed by atoms with E-state index in [2.05, 4.69) is 10.1 Å². The van der Waals surface area contributed by atoms with E-state index in [4.69, 9.17) is 21.9 Å². The number of nitrogens with zero attached hydrogens (tertiary/aromatic N) is 2. The van der Waals surface area contributed by atoms with Crippen LogP contribution in [-0.4, -0.2) is 10.1 Å². The number of halogens is 1. The van der Waals surface area contributed by atoms with Gasteiger partial charge in [-0.05, 0) is 29.8 Å². The van der Waals surface area contributed by atoms with Crippen molar-refractivity contribution in [2.75, 3.05) is 5.73 Å². The lowest BCUT2D eigenvalue weighted by molar-refractivity contribution is 0.435. The number of benzene rings is 1. The quantitative estimate of drug-likeness (QED) is 0.773. The Balaban J connectivity index is 2.17. The highest BCUT2D eigenvalue weighted by Crippen LogP contribution is 2.35. The smallest absolute Gasteiger partial charge is 0.195 e. The van der Waals surface area contributed by atoms with Gasteiger partial charge in [0.1, 0.15) is 5.69 Å². The molecule has 0 atom stereocenters. The van der Waals surface area contributed by atoms with Gasteiger partial charge < -0.3 is 10.3 Å². The summed E-state index contributed by atoms with van der Waals surface area (Å²) in [7, 11) is 0. The number of nitrogens with two attached hydrogens (primary N) is 1. The van der Waals surface area contributed by atoms with Crippen LogP contribution in [0.1, 0.15) is 0 Å². The van der Waals surface area contributed by atoms with E-state index in [0.717, 1.165) is 11.1 Å². The van der Waals surface area contributed by atoms with Crippen LogP contribution in [0.2, 0.25) is 5.02 Å². The molecule has 4 nitrogen and oxygen atoms in total. The minimum atomic E-state index is 0.336. The average Bonchev–Trinajstić information content (AvgIpc) is 2.83. The lowest BCUT2D eigenvalue weighted by Gasteiger charge is -2.02. The third kappa shape index (κ3) is 2.18. The lowest BCUT2D eigenvalue weighted by Crippen LogP contribution is -1.89. The third-order valence-electron chi connectivity index (χ3n) is 2.75. The maximum atomic E-state index is 5.89. The summed E-state index contributed by atoms with van der Waals surface area (Å²) in [4.78, 5) is 4.25. The zero-order valence-electron chi connectivity index (χ0n) is 9.88. The van der Waals surface area contributed by atoms with Gasteiger partial charge in [-0.15, -0.1) is 0 Å². The van der Waals surface area contributed by atoms with Gasteiger partial charge in [-0.3, -0.25) is 4.98 Å². The summed E-state index contributed by atoms with van der Waals surface area (Å²) in [6.07, 6.45) is 1.69. The summed E-state index contributed by atoms with van der Waals surface area (Å²) >= 11 is 5.89. The number of hydrogen-bond acceptors (Lipinski definition) is 4. The van der Waals surface area contributed by atoms with Crippen molar-refractivity contribution in [3.8, 4) is 22.6 Å². The zero-order chi connectivity index (χ0) is 13.2. The van der Waals surface area contributed by atoms with E-state index in [1.807, 2.05) is 30.3 Å². The van der Waals surface area contributed by atoms with E-state index in [1.54, 1.807) is 18.3 Å². The van der Waals surface area contributed by atoms with Crippen molar-refractivity contribution in [3.63, 3.8) is 0 Å². The second-order valence-corrected chi connectivity index (χ2v) is 4.43. The van der Waals surface area contributed by atoms with Gasteiger partial charge in [0.15, 0.2) is 11.6 Å². The van der Waals surface area contributed by atoms with Gasteiger partial charge in [-0.25, -0.2) is 0 Å². The highest BCUT2D eigenvalue weighted by atomic mass is 35.5. The van der Waals surface area contributed by atoms with E-state index < -0.39 is 0 Å². The number of aromatic nitrogens is 2. The molecule has 0 aliphatic heterocycles. The van der Waals surface area contributed by atoms with Crippen LogP contribution in [0, 0.1) is 0 Å². The highest BCUT2D eigenvalue weighted by Gasteiger charge is 2.18. The Hall–Kier alpha value is -2.33. The van der Waals surface area contributed by atoms with Crippen molar-refractivity contribution in [2.24, 2.45) is 0 Å². The summed E-state index contributed by atoms with van der Waals surface area (Å²) in [5.74, 6) is 0.892. The van der Waals surface area contributed by atoms with Crippen LogP contribution in [0.15, 0.2) is 53.2 Å². The topological polar surface area (TPSA) is 64.9 Å². The molecule has 2 N–H and O–H groups in total. The molecule has 0 bridgehead atoms. The zero-order valence-corrected chi connectivity index (χ0v) is 10.6. The Bertz CT molecular complexity index is 692. The molecule has 0 amide bonds. The summed E-state index contributed by atoms with van der Waals surface area (Å²) in [5.41, 5.74) is 8.20. The van der Waals surface area contributed by atoms with Crippen LogP contribution in [-0.2, 0) is 0 Å². The van der Waals surface area contributed by atoms with Crippen molar-refractivity contribution in [2.45, 2.75) is 0 Å². The van der Waals surface area contributed by atoms with Crippen molar-refractivity contribution >= 4 is 17.4 Å². The summed E-state index contributed by atoms with van der Waals surface area (Å²) in [5, 5.41) is 4.49. The molecule has 0 saturated carbocycles. The fourth-order valence-corrected chi connectivity index (χ4v) is 2.00. The number of rotatable bonds is 2. The highest BCUT2D eigenvalue weighted by molar-refractivity contribution is 6.30. The SMILES string of the molecule is Nc1noc(-c2ccccn2)c1-c1ccc(Cl)cc1. The van der Waals surface area contributed by atoms with E-state index >= 15 is 0 Å². The molecule has 3 aromatic rings. The molecule has 0 radical (unpaired) electrons. The van der Waals surface area contributed by atoms with Crippen LogP contribution in [0.5, 0.6) is 0 Å². The molecule has 94 valence electrons. The monoisotopic (exact) mass is 271 g/mol. The fourth-order valence-electron chi connectivity index (χ4n) is 1.87. The molecule has 0 saturated heterocycles. The molecule has 5 heteroatoms. The van der Waals surface area contributed by atoms with Gasteiger partial charge in [0.2, 0.25) is 0 Å². The normalized spacial score (nSPS) is 10.6. The Morgan fingerprint density at radius 3 is 2.53 bits per heavy atom. The van der Waals surface area contributed by atoms with E-state index in [-0.39, 0.29) is 0 Å². The first kappa shape index (κ1) is 11.7. The Morgan fingerprint density at radius 1 is 1.05 bits per heavy atom. The molecule has 0 aliphatic carbocycles. The number of hydrogen-bond donors (Lipinski definition) is 1. The second-order valence-electron chi connectivity index (χ2n) is 3.99. The summed E-state index contributed by atoms with van der Waals surface area (Å²) in [6, 6.07) is 12.9. The van der Waals surface area contributed by atoms with Crippen LogP contribution < -0.4 is 5.73 Å². The van der Waals surface area contributed by atoms with E-state index in [9.17, 15) is 0 Å². The first-order valence-electron chi connectivity index (χ1n) is 5.68. The first-order chi connectivity index (χ1) is 9.25. The molecule has 1 aromatic carbocycles. The Labute approximate surface area is 114 Å². The van der Waals surface area contributed by atoms with E-state index in [0.29, 0.717) is 22.3 Å². The molecule has 19 heavy (non-hydrogen) atoms. The fraction of sp³-hybridized carbons (Fsp3) is 0. The second kappa shape index (κ2) is 4.74. The lowest BCUT2D eigenvalue weighted by atomic mass is 10.0. The van der Waals surface area contributed by atoms with Gasteiger partial charge in [0, 0.05) is 11.2 Å². The van der Waals surface area contributed by atoms with Gasteiger partial charge in [0.05, 0.1) is 5.56 Å². The van der Waals surface area contributed by atoms with Crippen molar-refractivity contribution < 1.29 is 4.52 Å². The van der Waals surface area contributed by atoms with Crippen LogP contribution in [0.3, 0.4) is 0 Å². The van der Waals surface area contributed by atoms with Crippen LogP contribution in [0.25, 0.3) is 22.6 Å². The van der Waals surface area contributed by atoms with E-state index in [1.165, 1.54) is 0 Å². The first-order valence-corrected chi connectivity index (χ1v) is 6.06. The third-order valence-corrected chi connectivity index (χ3v) is 3.00. The van der Waals surface area contributed by atoms with Crippen molar-refractivity contribution in [1.29, 1.82) is 0 Å².